The van der Waals surface area contributed by atoms with Crippen molar-refractivity contribution >= 4 is 27.5 Å². The fourth-order valence-electron chi connectivity index (χ4n) is 4.79. The number of methoxy groups -OCH3 is 2. The fourth-order valence-corrected chi connectivity index (χ4v) is 5.41. The normalized spacial score (nSPS) is 20.4. The lowest BCUT2D eigenvalue weighted by Crippen LogP contribution is -2.37. The Kier molecular flexibility index (Phi) is 5.08. The minimum absolute atomic E-state index is 0.147. The topological polar surface area (TPSA) is 55.8 Å². The van der Waals surface area contributed by atoms with Crippen LogP contribution in [0.25, 0.3) is 0 Å². The van der Waals surface area contributed by atoms with Crippen LogP contribution in [0.4, 0.5) is 0 Å². The predicted molar refractivity (Wildman–Crippen MR) is 110 cm³/mol. The molecule has 1 aromatic rings. The number of nitrogens with zero attached hydrogens (tertiary/aromatic N) is 1. The van der Waals surface area contributed by atoms with Crippen LogP contribution in [0.2, 0.25) is 0 Å². The van der Waals surface area contributed by atoms with Gasteiger partial charge in [0.25, 0.3) is 0 Å². The van der Waals surface area contributed by atoms with E-state index in [-0.39, 0.29) is 17.5 Å². The first kappa shape index (κ1) is 19.2. The van der Waals surface area contributed by atoms with E-state index in [9.17, 15) is 9.59 Å². The molecule has 0 saturated carbocycles. The first-order chi connectivity index (χ1) is 13.5. The van der Waals surface area contributed by atoms with Crippen molar-refractivity contribution in [3.63, 3.8) is 0 Å². The number of rotatable bonds is 3. The van der Waals surface area contributed by atoms with E-state index in [1.165, 1.54) is 0 Å². The van der Waals surface area contributed by atoms with Crippen LogP contribution in [-0.2, 0) is 9.59 Å². The van der Waals surface area contributed by atoms with Crippen LogP contribution in [0.3, 0.4) is 0 Å². The van der Waals surface area contributed by atoms with Gasteiger partial charge in [0.1, 0.15) is 0 Å². The van der Waals surface area contributed by atoms with Crippen molar-refractivity contribution in [2.24, 2.45) is 0 Å². The highest BCUT2D eigenvalue weighted by Crippen LogP contribution is 2.50. The highest BCUT2D eigenvalue weighted by atomic mass is 79.9. The number of carbonyl (C=O) groups excluding carboxylic acids is 2. The number of ether oxygens (including phenoxy) is 2. The van der Waals surface area contributed by atoms with E-state index in [0.717, 1.165) is 58.3 Å². The smallest absolute Gasteiger partial charge is 0.174 e. The molecule has 0 fully saturated rings. The van der Waals surface area contributed by atoms with Gasteiger partial charge in [-0.3, -0.25) is 9.59 Å². The number of allylic oxidation sites excluding steroid dienone is 4. The van der Waals surface area contributed by atoms with Crippen molar-refractivity contribution in [2.45, 2.75) is 44.4 Å². The van der Waals surface area contributed by atoms with Gasteiger partial charge >= 0.3 is 0 Å². The molecule has 0 radical (unpaired) electrons. The first-order valence-electron chi connectivity index (χ1n) is 9.65. The van der Waals surface area contributed by atoms with Crippen molar-refractivity contribution in [3.8, 4) is 11.5 Å². The molecule has 1 aromatic carbocycles. The standard InChI is InChI=1S/C22H24BrNO4/c1-24-14-6-4-8-16(25)20(14)19(21-15(24)7-5-9-17(21)26)12-10-13(23)22(28-3)18(11-12)27-2/h10-11,19H,4-9H2,1-3H3. The maximum atomic E-state index is 13.0. The van der Waals surface area contributed by atoms with Crippen LogP contribution in [0.15, 0.2) is 39.1 Å². The highest BCUT2D eigenvalue weighted by Gasteiger charge is 2.42. The maximum absolute atomic E-state index is 13.0. The summed E-state index contributed by atoms with van der Waals surface area (Å²) < 4.78 is 11.7. The molecule has 148 valence electrons. The Labute approximate surface area is 173 Å². The van der Waals surface area contributed by atoms with E-state index in [1.54, 1.807) is 14.2 Å². The van der Waals surface area contributed by atoms with Crippen LogP contribution >= 0.6 is 15.9 Å². The van der Waals surface area contributed by atoms with Gasteiger partial charge in [-0.05, 0) is 59.3 Å². The Bertz CT molecular complexity index is 887. The zero-order valence-electron chi connectivity index (χ0n) is 16.4. The van der Waals surface area contributed by atoms with Crippen molar-refractivity contribution in [3.05, 3.63) is 44.7 Å². The van der Waals surface area contributed by atoms with E-state index < -0.39 is 0 Å². The summed E-state index contributed by atoms with van der Waals surface area (Å²) in [5.74, 6) is 1.15. The monoisotopic (exact) mass is 445 g/mol. The van der Waals surface area contributed by atoms with Crippen LogP contribution in [0.1, 0.15) is 50.0 Å². The summed E-state index contributed by atoms with van der Waals surface area (Å²) in [6.45, 7) is 0. The summed E-state index contributed by atoms with van der Waals surface area (Å²) in [6.07, 6.45) is 4.53. The Morgan fingerprint density at radius 1 is 0.929 bits per heavy atom. The molecule has 2 aliphatic carbocycles. The minimum Gasteiger partial charge on any atom is -0.493 e. The second-order valence-electron chi connectivity index (χ2n) is 7.50. The van der Waals surface area contributed by atoms with Gasteiger partial charge in [0.2, 0.25) is 0 Å². The Balaban J connectivity index is 1.97. The predicted octanol–water partition coefficient (Wildman–Crippen LogP) is 4.51. The van der Waals surface area contributed by atoms with E-state index >= 15 is 0 Å². The van der Waals surface area contributed by atoms with Crippen molar-refractivity contribution in [2.75, 3.05) is 21.3 Å². The van der Waals surface area contributed by atoms with E-state index in [1.807, 2.05) is 19.2 Å². The van der Waals surface area contributed by atoms with Crippen LogP contribution < -0.4 is 9.47 Å². The average Bonchev–Trinajstić information content (AvgIpc) is 2.69. The summed E-state index contributed by atoms with van der Waals surface area (Å²) in [6, 6.07) is 3.86. The second-order valence-corrected chi connectivity index (χ2v) is 8.36. The molecule has 0 aromatic heterocycles. The summed E-state index contributed by atoms with van der Waals surface area (Å²) in [5.41, 5.74) is 4.59. The average molecular weight is 446 g/mol. The molecular weight excluding hydrogens is 422 g/mol. The molecule has 1 aliphatic heterocycles. The van der Waals surface area contributed by atoms with Crippen molar-refractivity contribution < 1.29 is 19.1 Å². The van der Waals surface area contributed by atoms with E-state index in [0.29, 0.717) is 24.3 Å². The molecule has 0 atom stereocenters. The summed E-state index contributed by atoms with van der Waals surface area (Å²) in [7, 11) is 5.19. The molecule has 0 N–H and O–H groups in total. The number of benzene rings is 1. The van der Waals surface area contributed by atoms with Crippen LogP contribution in [-0.4, -0.2) is 37.7 Å². The summed E-state index contributed by atoms with van der Waals surface area (Å²) in [5, 5.41) is 0. The van der Waals surface area contributed by atoms with Gasteiger partial charge in [0.15, 0.2) is 23.1 Å². The number of hydrogen-bond acceptors (Lipinski definition) is 5. The third-order valence-corrected chi connectivity index (χ3v) is 6.62. The highest BCUT2D eigenvalue weighted by molar-refractivity contribution is 9.10. The van der Waals surface area contributed by atoms with E-state index in [4.69, 9.17) is 9.47 Å². The molecule has 28 heavy (non-hydrogen) atoms. The van der Waals surface area contributed by atoms with Gasteiger partial charge in [-0.15, -0.1) is 0 Å². The SMILES string of the molecule is COc1cc(C2C3=C(CCCC3=O)N(C)C3=C2C(=O)CCC3)cc(Br)c1OC. The third kappa shape index (κ3) is 2.89. The third-order valence-electron chi connectivity index (χ3n) is 6.03. The molecule has 5 nitrogen and oxygen atoms in total. The van der Waals surface area contributed by atoms with Gasteiger partial charge in [-0.25, -0.2) is 0 Å². The summed E-state index contributed by atoms with van der Waals surface area (Å²) >= 11 is 3.57. The number of carbonyl (C=O) groups is 2. The van der Waals surface area contributed by atoms with Gasteiger partial charge in [0.05, 0.1) is 18.7 Å². The van der Waals surface area contributed by atoms with Crippen molar-refractivity contribution in [1.29, 1.82) is 0 Å². The maximum Gasteiger partial charge on any atom is 0.174 e. The lowest BCUT2D eigenvalue weighted by Gasteiger charge is -2.42. The zero-order valence-corrected chi connectivity index (χ0v) is 18.0. The molecule has 6 heteroatoms. The molecule has 3 aliphatic rings. The Morgan fingerprint density at radius 3 is 2.00 bits per heavy atom. The van der Waals surface area contributed by atoms with Gasteiger partial charge in [-0.1, -0.05) is 0 Å². The minimum atomic E-state index is -0.335. The Hall–Kier alpha value is -2.08. The largest absolute Gasteiger partial charge is 0.493 e. The number of halogens is 1. The molecule has 0 spiro atoms. The van der Waals surface area contributed by atoms with Gasteiger partial charge in [0, 0.05) is 48.3 Å². The quantitative estimate of drug-likeness (QED) is 0.684. The van der Waals surface area contributed by atoms with Crippen molar-refractivity contribution in [1.82, 2.24) is 4.90 Å². The summed E-state index contributed by atoms with van der Waals surface area (Å²) in [4.78, 5) is 28.1. The number of Topliss-reactive ketones (excluding diaryl/α,β-unsaturated/α-hetero) is 2. The van der Waals surface area contributed by atoms with Gasteiger partial charge in [-0.2, -0.15) is 0 Å². The molecule has 0 bridgehead atoms. The molecule has 4 rings (SSSR count). The lowest BCUT2D eigenvalue weighted by molar-refractivity contribution is -0.117. The molecular formula is C22H24BrNO4. The molecule has 0 saturated heterocycles. The molecule has 0 unspecified atom stereocenters. The first-order valence-corrected chi connectivity index (χ1v) is 10.4. The zero-order chi connectivity index (χ0) is 20.0. The second kappa shape index (κ2) is 7.39. The van der Waals surface area contributed by atoms with Crippen LogP contribution in [0, 0.1) is 0 Å². The lowest BCUT2D eigenvalue weighted by atomic mass is 9.71. The van der Waals surface area contributed by atoms with Crippen LogP contribution in [0.5, 0.6) is 11.5 Å². The molecule has 0 amide bonds. The van der Waals surface area contributed by atoms with Gasteiger partial charge < -0.3 is 14.4 Å². The molecule has 1 heterocycles. The Morgan fingerprint density at radius 2 is 1.50 bits per heavy atom. The number of hydrogen-bond donors (Lipinski definition) is 0. The van der Waals surface area contributed by atoms with E-state index in [2.05, 4.69) is 20.8 Å². The number of ketones is 2. The fraction of sp³-hybridized carbons (Fsp3) is 0.455.